The van der Waals surface area contributed by atoms with Crippen LogP contribution in [0.15, 0.2) is 65.8 Å². The summed E-state index contributed by atoms with van der Waals surface area (Å²) in [6.07, 6.45) is 0.955. The van der Waals surface area contributed by atoms with Crippen molar-refractivity contribution in [3.05, 3.63) is 71.8 Å². The maximum atomic E-state index is 13.6. The molecular weight excluding hydrogens is 484 g/mol. The Bertz CT molecular complexity index is 1210. The number of carbonyl (C=O) groups excluding carboxylic acids is 2. The zero-order valence-corrected chi connectivity index (χ0v) is 22.2. The third-order valence-electron chi connectivity index (χ3n) is 5.81. The van der Waals surface area contributed by atoms with E-state index in [1.807, 2.05) is 36.4 Å². The molecule has 3 atom stereocenters. The fourth-order valence-corrected chi connectivity index (χ4v) is 5.60. The molecule has 0 radical (unpaired) electrons. The van der Waals surface area contributed by atoms with Gasteiger partial charge in [-0.25, -0.2) is 13.4 Å². The number of amides is 2. The quantitative estimate of drug-likeness (QED) is 0.607. The Morgan fingerprint density at radius 2 is 1.63 bits per heavy atom. The van der Waals surface area contributed by atoms with Crippen LogP contribution in [0.25, 0.3) is 0 Å². The summed E-state index contributed by atoms with van der Waals surface area (Å²) >= 11 is 1.13. The minimum Gasteiger partial charge on any atom is -0.315 e. The topological polar surface area (TPSA) is 122 Å². The molecule has 0 bridgehead atoms. The van der Waals surface area contributed by atoms with E-state index in [0.717, 1.165) is 23.6 Å². The molecule has 0 spiro atoms. The molecule has 0 saturated carbocycles. The van der Waals surface area contributed by atoms with Crippen molar-refractivity contribution in [3.8, 4) is 0 Å². The van der Waals surface area contributed by atoms with E-state index in [2.05, 4.69) is 10.4 Å². The van der Waals surface area contributed by atoms with Crippen LogP contribution in [0.2, 0.25) is 0 Å². The Hall–Kier alpha value is -2.69. The van der Waals surface area contributed by atoms with Crippen LogP contribution in [0.3, 0.4) is 0 Å². The molecule has 3 unspecified atom stereocenters. The van der Waals surface area contributed by atoms with Gasteiger partial charge in [0.25, 0.3) is 0 Å². The number of nitrogens with one attached hydrogen (secondary N) is 1. The van der Waals surface area contributed by atoms with Crippen LogP contribution in [0.5, 0.6) is 0 Å². The van der Waals surface area contributed by atoms with Crippen LogP contribution < -0.4 is 11.1 Å². The van der Waals surface area contributed by atoms with E-state index in [1.165, 1.54) is 5.01 Å². The zero-order valence-electron chi connectivity index (χ0n) is 20.6. The average molecular weight is 517 g/mol. The zero-order chi connectivity index (χ0) is 26.0. The van der Waals surface area contributed by atoms with E-state index in [-0.39, 0.29) is 23.4 Å². The lowest BCUT2D eigenvalue weighted by atomic mass is 9.93. The number of nitrogens with zero attached hydrogens (tertiary/aromatic N) is 2. The Morgan fingerprint density at radius 3 is 2.14 bits per heavy atom. The predicted molar refractivity (Wildman–Crippen MR) is 140 cm³/mol. The van der Waals surface area contributed by atoms with Crippen molar-refractivity contribution in [3.63, 3.8) is 0 Å². The Morgan fingerprint density at radius 1 is 1.09 bits per heavy atom. The van der Waals surface area contributed by atoms with Gasteiger partial charge in [-0.3, -0.25) is 9.59 Å². The van der Waals surface area contributed by atoms with Crippen molar-refractivity contribution in [1.29, 1.82) is 0 Å². The largest absolute Gasteiger partial charge is 0.315 e. The first-order valence-electron chi connectivity index (χ1n) is 11.2. The molecule has 0 aliphatic carbocycles. The molecule has 0 saturated heterocycles. The molecule has 1 aliphatic rings. The number of thioether (sulfide) groups is 1. The number of sulfone groups is 1. The van der Waals surface area contributed by atoms with Gasteiger partial charge in [0, 0.05) is 18.1 Å². The smallest absolute Gasteiger partial charge is 0.249 e. The molecule has 0 fully saturated rings. The third-order valence-corrected chi connectivity index (χ3v) is 8.36. The number of hydrogen-bond donors (Lipinski definition) is 2. The maximum absolute atomic E-state index is 13.6. The van der Waals surface area contributed by atoms with Crippen LogP contribution in [0, 0.1) is 5.41 Å². The Balaban J connectivity index is 2.05. The molecule has 0 aromatic heterocycles. The van der Waals surface area contributed by atoms with Gasteiger partial charge in [-0.15, -0.1) is 5.10 Å². The number of carbonyl (C=O) groups is 2. The molecule has 2 aromatic rings. The highest BCUT2D eigenvalue weighted by molar-refractivity contribution is 8.14. The maximum Gasteiger partial charge on any atom is 0.249 e. The summed E-state index contributed by atoms with van der Waals surface area (Å²) in [5.41, 5.74) is 6.79. The first-order valence-corrected chi connectivity index (χ1v) is 14.0. The summed E-state index contributed by atoms with van der Waals surface area (Å²) < 4.78 is 24.7. The van der Waals surface area contributed by atoms with E-state index in [4.69, 9.17) is 5.73 Å². The van der Waals surface area contributed by atoms with E-state index in [1.54, 1.807) is 52.0 Å². The van der Waals surface area contributed by atoms with Crippen molar-refractivity contribution in [2.24, 2.45) is 16.3 Å². The van der Waals surface area contributed by atoms with Crippen molar-refractivity contribution in [1.82, 2.24) is 10.3 Å². The normalized spacial score (nSPS) is 20.2. The summed E-state index contributed by atoms with van der Waals surface area (Å²) in [7, 11) is -3.62. The van der Waals surface area contributed by atoms with E-state index in [9.17, 15) is 18.0 Å². The highest BCUT2D eigenvalue weighted by atomic mass is 32.2. The van der Waals surface area contributed by atoms with Gasteiger partial charge in [0.05, 0.1) is 5.92 Å². The summed E-state index contributed by atoms with van der Waals surface area (Å²) in [5, 5.41) is 7.61. The Kier molecular flexibility index (Phi) is 7.78. The minimum absolute atomic E-state index is 0.112. The van der Waals surface area contributed by atoms with Crippen molar-refractivity contribution in [2.75, 3.05) is 6.26 Å². The lowest BCUT2D eigenvalue weighted by molar-refractivity contribution is -0.143. The standard InChI is InChI=1S/C25H32N4O4S2/c1-17(18-12-8-6-9-13-18)21(30)27-23-28-29(22(31)24(2,3)4)25(34-23,16-20(26)35(5,32)33)19-14-10-7-11-15-19/h6-15,17,20H,16,26H2,1-5H3,(H,27,28,30). The van der Waals surface area contributed by atoms with E-state index < -0.39 is 31.4 Å². The monoisotopic (exact) mass is 516 g/mol. The summed E-state index contributed by atoms with van der Waals surface area (Å²) in [6.45, 7) is 7.06. The fraction of sp³-hybridized carbons (Fsp3) is 0.400. The van der Waals surface area contributed by atoms with Crippen LogP contribution in [0.1, 0.15) is 51.2 Å². The number of hydrogen-bond acceptors (Lipinski definition) is 7. The predicted octanol–water partition coefficient (Wildman–Crippen LogP) is 3.37. The van der Waals surface area contributed by atoms with Gasteiger partial charge < -0.3 is 11.1 Å². The molecule has 1 heterocycles. The lowest BCUT2D eigenvalue weighted by Gasteiger charge is -2.39. The molecule has 10 heteroatoms. The van der Waals surface area contributed by atoms with Gasteiger partial charge in [0.15, 0.2) is 15.0 Å². The molecule has 188 valence electrons. The van der Waals surface area contributed by atoms with Gasteiger partial charge in [-0.2, -0.15) is 0 Å². The molecule has 3 rings (SSSR count). The second kappa shape index (κ2) is 10.1. The number of rotatable bonds is 6. The first-order chi connectivity index (χ1) is 16.3. The lowest BCUT2D eigenvalue weighted by Crippen LogP contribution is -2.50. The minimum atomic E-state index is -3.62. The molecule has 35 heavy (non-hydrogen) atoms. The van der Waals surface area contributed by atoms with Gasteiger partial charge in [0.1, 0.15) is 10.2 Å². The highest BCUT2D eigenvalue weighted by Gasteiger charge is 2.52. The molecule has 8 nitrogen and oxygen atoms in total. The van der Waals surface area contributed by atoms with Gasteiger partial charge in [-0.1, -0.05) is 93.2 Å². The number of nitrogens with two attached hydrogens (primary N) is 1. The highest BCUT2D eigenvalue weighted by Crippen LogP contribution is 2.50. The number of benzene rings is 2. The van der Waals surface area contributed by atoms with Gasteiger partial charge in [0.2, 0.25) is 11.8 Å². The van der Waals surface area contributed by atoms with Crippen LogP contribution >= 0.6 is 11.8 Å². The number of amidine groups is 1. The molecule has 3 N–H and O–H groups in total. The molecule has 1 aliphatic heterocycles. The van der Waals surface area contributed by atoms with Gasteiger partial charge in [-0.05, 0) is 18.1 Å². The van der Waals surface area contributed by atoms with Crippen molar-refractivity contribution in [2.45, 2.75) is 50.3 Å². The van der Waals surface area contributed by atoms with Crippen molar-refractivity contribution < 1.29 is 18.0 Å². The second-order valence-corrected chi connectivity index (χ2v) is 13.2. The third kappa shape index (κ3) is 5.94. The molecule has 2 amide bonds. The summed E-state index contributed by atoms with van der Waals surface area (Å²) in [6, 6.07) is 18.4. The summed E-state index contributed by atoms with van der Waals surface area (Å²) in [4.78, 5) is 25.4. The van der Waals surface area contributed by atoms with Crippen molar-refractivity contribution >= 4 is 38.6 Å². The van der Waals surface area contributed by atoms with E-state index >= 15 is 0 Å². The first kappa shape index (κ1) is 26.9. The Labute approximate surface area is 211 Å². The van der Waals surface area contributed by atoms with Crippen LogP contribution in [-0.2, 0) is 24.3 Å². The van der Waals surface area contributed by atoms with E-state index in [0.29, 0.717) is 5.56 Å². The summed E-state index contributed by atoms with van der Waals surface area (Å²) in [5.74, 6) is -1.08. The average Bonchev–Trinajstić information content (AvgIpc) is 3.16. The molecular formula is C25H32N4O4S2. The van der Waals surface area contributed by atoms with Gasteiger partial charge >= 0.3 is 0 Å². The second-order valence-electron chi connectivity index (χ2n) is 9.72. The number of hydrazone groups is 1. The fourth-order valence-electron chi connectivity index (χ4n) is 3.63. The van der Waals surface area contributed by atoms with Crippen LogP contribution in [-0.4, -0.2) is 42.0 Å². The molecule has 2 aromatic carbocycles. The van der Waals surface area contributed by atoms with Crippen LogP contribution in [0.4, 0.5) is 0 Å². The SMILES string of the molecule is CC(C(=O)NC1=NN(C(=O)C(C)(C)C)C(CC(N)S(C)(=O)=O)(c2ccccc2)S1)c1ccccc1.